The van der Waals surface area contributed by atoms with Crippen LogP contribution in [0.2, 0.25) is 0 Å². The number of benzene rings is 1. The van der Waals surface area contributed by atoms with Crippen molar-refractivity contribution in [3.8, 4) is 0 Å². The molecule has 1 fully saturated rings. The first-order valence-electron chi connectivity index (χ1n) is 7.46. The van der Waals surface area contributed by atoms with Gasteiger partial charge in [0, 0.05) is 19.0 Å². The van der Waals surface area contributed by atoms with Crippen molar-refractivity contribution in [2.75, 3.05) is 30.2 Å². The lowest BCUT2D eigenvalue weighted by Crippen LogP contribution is -2.17. The van der Waals surface area contributed by atoms with E-state index in [0.29, 0.717) is 17.4 Å². The summed E-state index contributed by atoms with van der Waals surface area (Å²) in [6.07, 6.45) is 1.08. The van der Waals surface area contributed by atoms with Crippen molar-refractivity contribution in [3.63, 3.8) is 0 Å². The zero-order valence-electron chi connectivity index (χ0n) is 13.1. The predicted molar refractivity (Wildman–Crippen MR) is 93.9 cm³/mol. The van der Waals surface area contributed by atoms with Gasteiger partial charge in [0.2, 0.25) is 0 Å². The molecular weight excluding hydrogens is 332 g/mol. The van der Waals surface area contributed by atoms with Crippen LogP contribution in [-0.4, -0.2) is 33.5 Å². The van der Waals surface area contributed by atoms with Crippen LogP contribution in [-0.2, 0) is 10.0 Å². The smallest absolute Gasteiger partial charge is 0.265 e. The summed E-state index contributed by atoms with van der Waals surface area (Å²) < 4.78 is 27.9. The van der Waals surface area contributed by atoms with E-state index in [2.05, 4.69) is 20.3 Å². The van der Waals surface area contributed by atoms with Gasteiger partial charge in [0.1, 0.15) is 4.90 Å². The molecule has 3 rings (SSSR count). The molecule has 1 saturated heterocycles. The van der Waals surface area contributed by atoms with E-state index in [1.165, 1.54) is 16.9 Å². The minimum Gasteiger partial charge on any atom is -0.387 e. The van der Waals surface area contributed by atoms with Gasteiger partial charge in [0.15, 0.2) is 5.82 Å². The molecule has 0 saturated carbocycles. The molecule has 0 amide bonds. The van der Waals surface area contributed by atoms with Gasteiger partial charge in [-0.25, -0.2) is 13.4 Å². The molecule has 1 aliphatic heterocycles. The van der Waals surface area contributed by atoms with Crippen LogP contribution in [0.1, 0.15) is 23.5 Å². The van der Waals surface area contributed by atoms with Crippen LogP contribution < -0.4 is 15.4 Å². The summed E-state index contributed by atoms with van der Waals surface area (Å²) in [4.78, 5) is 4.24. The Balaban J connectivity index is 2.00. The van der Waals surface area contributed by atoms with E-state index in [-0.39, 0.29) is 4.90 Å². The Bertz CT molecular complexity index is 782. The topological polar surface area (TPSA) is 83.1 Å². The van der Waals surface area contributed by atoms with Crippen LogP contribution in [0, 0.1) is 6.92 Å². The first-order chi connectivity index (χ1) is 11.0. The van der Waals surface area contributed by atoms with E-state index < -0.39 is 10.0 Å². The normalized spacial score (nSPS) is 18.1. The van der Waals surface area contributed by atoms with E-state index in [0.717, 1.165) is 25.1 Å². The van der Waals surface area contributed by atoms with Gasteiger partial charge in [-0.2, -0.15) is 0 Å². The molecule has 0 spiro atoms. The lowest BCUT2D eigenvalue weighted by Gasteiger charge is -2.19. The summed E-state index contributed by atoms with van der Waals surface area (Å²) in [5.74, 6) is 0.782. The molecule has 1 unspecified atom stereocenters. The molecule has 2 aromatic rings. The third-order valence-corrected chi connectivity index (χ3v) is 6.16. The first kappa shape index (κ1) is 16.2. The zero-order chi connectivity index (χ0) is 16.4. The molecule has 0 bridgehead atoms. The predicted octanol–water partition coefficient (Wildman–Crippen LogP) is 2.37. The van der Waals surface area contributed by atoms with Crippen molar-refractivity contribution in [3.05, 3.63) is 34.2 Å². The molecule has 2 heterocycles. The van der Waals surface area contributed by atoms with Gasteiger partial charge in [0.25, 0.3) is 10.0 Å². The van der Waals surface area contributed by atoms with E-state index in [9.17, 15) is 8.42 Å². The lowest BCUT2D eigenvalue weighted by atomic mass is 9.93. The van der Waals surface area contributed by atoms with E-state index in [1.54, 1.807) is 24.0 Å². The molecule has 124 valence electrons. The maximum atomic E-state index is 12.7. The maximum absolute atomic E-state index is 12.7. The summed E-state index contributed by atoms with van der Waals surface area (Å²) in [5.41, 5.74) is 4.43. The molecule has 0 radical (unpaired) electrons. The van der Waals surface area contributed by atoms with Crippen molar-refractivity contribution in [2.24, 2.45) is 0 Å². The Hall–Kier alpha value is -1.64. The zero-order valence-corrected chi connectivity index (χ0v) is 14.7. The number of hydrogen-bond donors (Lipinski definition) is 3. The first-order valence-corrected chi connectivity index (χ1v) is 9.88. The maximum Gasteiger partial charge on any atom is 0.265 e. The fourth-order valence-electron chi connectivity index (χ4n) is 3.06. The largest absolute Gasteiger partial charge is 0.387 e. The lowest BCUT2D eigenvalue weighted by molar-refractivity contribution is 0.601. The van der Waals surface area contributed by atoms with Crippen molar-refractivity contribution in [2.45, 2.75) is 24.2 Å². The van der Waals surface area contributed by atoms with Crippen LogP contribution >= 0.6 is 11.3 Å². The molecule has 1 aromatic carbocycles. The monoisotopic (exact) mass is 352 g/mol. The molecule has 1 aromatic heterocycles. The van der Waals surface area contributed by atoms with Gasteiger partial charge < -0.3 is 10.6 Å². The number of nitrogens with one attached hydrogen (secondary N) is 3. The van der Waals surface area contributed by atoms with Gasteiger partial charge in [0.05, 0.1) is 11.2 Å². The van der Waals surface area contributed by atoms with Gasteiger partial charge in [-0.05, 0) is 43.0 Å². The number of anilines is 2. The van der Waals surface area contributed by atoms with Gasteiger partial charge >= 0.3 is 0 Å². The highest BCUT2D eigenvalue weighted by atomic mass is 32.2. The molecule has 6 nitrogen and oxygen atoms in total. The second kappa shape index (κ2) is 6.46. The summed E-state index contributed by atoms with van der Waals surface area (Å²) in [6.45, 7) is 3.92. The van der Waals surface area contributed by atoms with Crippen molar-refractivity contribution in [1.29, 1.82) is 0 Å². The second-order valence-corrected chi connectivity index (χ2v) is 7.94. The van der Waals surface area contributed by atoms with Gasteiger partial charge in [-0.3, -0.25) is 4.72 Å². The average Bonchev–Trinajstić information content (AvgIpc) is 3.19. The quantitative estimate of drug-likeness (QED) is 0.769. The van der Waals surface area contributed by atoms with E-state index in [1.807, 2.05) is 13.0 Å². The summed E-state index contributed by atoms with van der Waals surface area (Å²) in [5, 5.41) is 8.08. The van der Waals surface area contributed by atoms with Crippen LogP contribution in [0.25, 0.3) is 0 Å². The third kappa shape index (κ3) is 3.19. The van der Waals surface area contributed by atoms with Gasteiger partial charge in [-0.1, -0.05) is 6.07 Å². The highest BCUT2D eigenvalue weighted by Gasteiger charge is 2.25. The number of hydrogen-bond acceptors (Lipinski definition) is 6. The average molecular weight is 352 g/mol. The standard InChI is InChI=1S/C15H20N4O2S2/c1-10-12(11-5-6-17-7-11)3-4-13(15(10)16-2)23(20,21)19-14-8-22-9-18-14/h3-4,8-9,11,16-17,19H,5-7H2,1-2H3. The summed E-state index contributed by atoms with van der Waals surface area (Å²) >= 11 is 1.35. The Morgan fingerprint density at radius 3 is 2.83 bits per heavy atom. The highest BCUT2D eigenvalue weighted by molar-refractivity contribution is 7.92. The number of rotatable bonds is 5. The van der Waals surface area contributed by atoms with E-state index >= 15 is 0 Å². The number of thiazole rings is 1. The van der Waals surface area contributed by atoms with E-state index in [4.69, 9.17) is 0 Å². The van der Waals surface area contributed by atoms with Crippen molar-refractivity contribution in [1.82, 2.24) is 10.3 Å². The van der Waals surface area contributed by atoms with Crippen LogP contribution in [0.15, 0.2) is 27.9 Å². The Kier molecular flexibility index (Phi) is 4.56. The fourth-order valence-corrected chi connectivity index (χ4v) is 4.88. The van der Waals surface area contributed by atoms with Crippen LogP contribution in [0.3, 0.4) is 0 Å². The highest BCUT2D eigenvalue weighted by Crippen LogP contribution is 2.34. The van der Waals surface area contributed by atoms with Crippen molar-refractivity contribution >= 4 is 32.9 Å². The Labute approximate surface area is 140 Å². The number of nitrogens with zero attached hydrogens (tertiary/aromatic N) is 1. The third-order valence-electron chi connectivity index (χ3n) is 4.18. The summed E-state index contributed by atoms with van der Waals surface area (Å²) in [6, 6.07) is 3.62. The SMILES string of the molecule is CNc1c(S(=O)(=O)Nc2cscn2)ccc(C2CCNC2)c1C. The molecule has 23 heavy (non-hydrogen) atoms. The Morgan fingerprint density at radius 1 is 1.39 bits per heavy atom. The molecule has 8 heteroatoms. The minimum absolute atomic E-state index is 0.250. The summed E-state index contributed by atoms with van der Waals surface area (Å²) in [7, 11) is -1.92. The number of aromatic nitrogens is 1. The minimum atomic E-state index is -3.67. The second-order valence-electron chi connectivity index (χ2n) is 5.57. The van der Waals surface area contributed by atoms with Crippen molar-refractivity contribution < 1.29 is 8.42 Å². The van der Waals surface area contributed by atoms with Gasteiger partial charge in [-0.15, -0.1) is 11.3 Å². The van der Waals surface area contributed by atoms with Crippen LogP contribution in [0.5, 0.6) is 0 Å². The molecule has 3 N–H and O–H groups in total. The molecule has 0 aliphatic carbocycles. The molecular formula is C15H20N4O2S2. The van der Waals surface area contributed by atoms with Crippen LogP contribution in [0.4, 0.5) is 11.5 Å². The molecule has 1 atom stereocenters. The fraction of sp³-hybridized carbons (Fsp3) is 0.400. The Morgan fingerprint density at radius 2 is 2.22 bits per heavy atom. The molecule has 1 aliphatic rings. The number of sulfonamides is 1.